The SMILES string of the molecule is O=[N+]([O-])c1cc(Br)ccc1NC12CC3CC(CC(C3)C1)C2. The van der Waals surface area contributed by atoms with Gasteiger partial charge in [0.1, 0.15) is 5.69 Å². The summed E-state index contributed by atoms with van der Waals surface area (Å²) in [5.41, 5.74) is 0.970. The molecule has 0 atom stereocenters. The van der Waals surface area contributed by atoms with Crippen LogP contribution in [0.15, 0.2) is 22.7 Å². The lowest BCUT2D eigenvalue weighted by molar-refractivity contribution is -0.384. The van der Waals surface area contributed by atoms with E-state index in [0.717, 1.165) is 22.2 Å². The third kappa shape index (κ3) is 2.35. The molecule has 4 saturated carbocycles. The van der Waals surface area contributed by atoms with E-state index < -0.39 is 0 Å². The quantitative estimate of drug-likeness (QED) is 0.632. The molecule has 0 aromatic heterocycles. The number of hydrogen-bond acceptors (Lipinski definition) is 3. The van der Waals surface area contributed by atoms with E-state index in [4.69, 9.17) is 0 Å². The van der Waals surface area contributed by atoms with Crippen LogP contribution in [0.25, 0.3) is 0 Å². The summed E-state index contributed by atoms with van der Waals surface area (Å²) in [5.74, 6) is 2.50. The van der Waals surface area contributed by atoms with Crippen molar-refractivity contribution < 1.29 is 4.92 Å². The molecule has 4 bridgehead atoms. The van der Waals surface area contributed by atoms with Crippen LogP contribution in [0, 0.1) is 27.9 Å². The molecule has 0 amide bonds. The molecule has 0 spiro atoms. The van der Waals surface area contributed by atoms with Crippen LogP contribution in [0.1, 0.15) is 38.5 Å². The first kappa shape index (κ1) is 13.6. The van der Waals surface area contributed by atoms with E-state index in [-0.39, 0.29) is 16.1 Å². The van der Waals surface area contributed by atoms with E-state index in [0.29, 0.717) is 5.69 Å². The third-order valence-electron chi connectivity index (χ3n) is 5.59. The average molecular weight is 351 g/mol. The van der Waals surface area contributed by atoms with E-state index in [2.05, 4.69) is 21.2 Å². The first-order valence-electron chi connectivity index (χ1n) is 7.75. The summed E-state index contributed by atoms with van der Waals surface area (Å²) in [6.07, 6.45) is 7.70. The molecule has 1 N–H and O–H groups in total. The Balaban J connectivity index is 1.66. The molecule has 4 aliphatic carbocycles. The van der Waals surface area contributed by atoms with Gasteiger partial charge in [0, 0.05) is 16.1 Å². The Labute approximate surface area is 132 Å². The van der Waals surface area contributed by atoms with Gasteiger partial charge in [0.25, 0.3) is 5.69 Å². The maximum absolute atomic E-state index is 11.3. The maximum Gasteiger partial charge on any atom is 0.293 e. The molecular weight excluding hydrogens is 332 g/mol. The fourth-order valence-corrected chi connectivity index (χ4v) is 5.66. The molecule has 0 saturated heterocycles. The maximum atomic E-state index is 11.3. The highest BCUT2D eigenvalue weighted by Crippen LogP contribution is 2.57. The lowest BCUT2D eigenvalue weighted by Crippen LogP contribution is -2.54. The summed E-state index contributed by atoms with van der Waals surface area (Å²) in [7, 11) is 0. The van der Waals surface area contributed by atoms with Gasteiger partial charge in [0.15, 0.2) is 0 Å². The highest BCUT2D eigenvalue weighted by molar-refractivity contribution is 9.10. The van der Waals surface area contributed by atoms with Crippen molar-refractivity contribution in [3.05, 3.63) is 32.8 Å². The first-order valence-corrected chi connectivity index (χ1v) is 8.54. The van der Waals surface area contributed by atoms with Crippen molar-refractivity contribution in [1.82, 2.24) is 0 Å². The fraction of sp³-hybridized carbons (Fsp3) is 0.625. The Hall–Kier alpha value is -1.10. The van der Waals surface area contributed by atoms with Crippen LogP contribution in [0.4, 0.5) is 11.4 Å². The molecule has 5 rings (SSSR count). The molecular formula is C16H19BrN2O2. The van der Waals surface area contributed by atoms with Gasteiger partial charge in [-0.2, -0.15) is 0 Å². The molecule has 0 radical (unpaired) electrons. The minimum absolute atomic E-state index is 0.105. The zero-order valence-corrected chi connectivity index (χ0v) is 13.4. The Morgan fingerprint density at radius 1 is 1.14 bits per heavy atom. The second-order valence-electron chi connectivity index (χ2n) is 7.24. The molecule has 112 valence electrons. The molecule has 0 heterocycles. The van der Waals surface area contributed by atoms with Crippen LogP contribution in [0.5, 0.6) is 0 Å². The number of nitro groups is 1. The summed E-state index contributed by atoms with van der Waals surface area (Å²) < 4.78 is 0.755. The normalized spacial score (nSPS) is 36.7. The van der Waals surface area contributed by atoms with Crippen molar-refractivity contribution in [2.24, 2.45) is 17.8 Å². The Kier molecular flexibility index (Phi) is 3.03. The van der Waals surface area contributed by atoms with Crippen LogP contribution in [-0.4, -0.2) is 10.5 Å². The minimum atomic E-state index is -0.284. The number of halogens is 1. The standard InChI is InChI=1S/C16H19BrN2O2/c17-13-1-2-14(15(6-13)19(20)21)18-16-7-10-3-11(8-16)5-12(4-10)9-16/h1-2,6,10-12,18H,3-5,7-9H2. The monoisotopic (exact) mass is 350 g/mol. The highest BCUT2D eigenvalue weighted by atomic mass is 79.9. The van der Waals surface area contributed by atoms with Crippen LogP contribution in [-0.2, 0) is 0 Å². The van der Waals surface area contributed by atoms with Crippen LogP contribution < -0.4 is 5.32 Å². The van der Waals surface area contributed by atoms with Gasteiger partial charge in [0.2, 0.25) is 0 Å². The predicted octanol–water partition coefficient (Wildman–Crippen LogP) is 4.74. The van der Waals surface area contributed by atoms with Crippen molar-refractivity contribution in [2.75, 3.05) is 5.32 Å². The molecule has 4 fully saturated rings. The number of nitrogens with one attached hydrogen (secondary N) is 1. The van der Waals surface area contributed by atoms with Gasteiger partial charge in [-0.3, -0.25) is 10.1 Å². The summed E-state index contributed by atoms with van der Waals surface area (Å²) in [4.78, 5) is 11.0. The number of anilines is 1. The highest BCUT2D eigenvalue weighted by Gasteiger charge is 2.51. The number of hydrogen-bond donors (Lipinski definition) is 1. The summed E-state index contributed by atoms with van der Waals surface area (Å²) in [6, 6.07) is 5.33. The average Bonchev–Trinajstić information content (AvgIpc) is 2.38. The second-order valence-corrected chi connectivity index (χ2v) is 8.16. The first-order chi connectivity index (χ1) is 10.0. The molecule has 5 heteroatoms. The molecule has 0 unspecified atom stereocenters. The molecule has 4 nitrogen and oxygen atoms in total. The molecule has 1 aromatic rings. The molecule has 1 aromatic carbocycles. The molecule has 21 heavy (non-hydrogen) atoms. The Morgan fingerprint density at radius 2 is 1.71 bits per heavy atom. The van der Waals surface area contributed by atoms with E-state index >= 15 is 0 Å². The number of nitro benzene ring substituents is 1. The van der Waals surface area contributed by atoms with E-state index in [9.17, 15) is 10.1 Å². The number of benzene rings is 1. The minimum Gasteiger partial charge on any atom is -0.374 e. The lowest BCUT2D eigenvalue weighted by atomic mass is 9.53. The third-order valence-corrected chi connectivity index (χ3v) is 6.09. The van der Waals surface area contributed by atoms with Crippen molar-refractivity contribution in [1.29, 1.82) is 0 Å². The lowest BCUT2D eigenvalue weighted by Gasteiger charge is -2.57. The summed E-state index contributed by atoms with van der Waals surface area (Å²) in [5, 5.41) is 14.9. The zero-order chi connectivity index (χ0) is 14.6. The fourth-order valence-electron chi connectivity index (χ4n) is 5.31. The number of rotatable bonds is 3. The van der Waals surface area contributed by atoms with E-state index in [1.807, 2.05) is 12.1 Å². The predicted molar refractivity (Wildman–Crippen MR) is 85.3 cm³/mol. The topological polar surface area (TPSA) is 55.2 Å². The molecule has 4 aliphatic rings. The van der Waals surface area contributed by atoms with Gasteiger partial charge in [-0.05, 0) is 68.4 Å². The van der Waals surface area contributed by atoms with E-state index in [1.165, 1.54) is 38.5 Å². The van der Waals surface area contributed by atoms with Crippen LogP contribution >= 0.6 is 15.9 Å². The largest absolute Gasteiger partial charge is 0.374 e. The van der Waals surface area contributed by atoms with Gasteiger partial charge in [-0.15, -0.1) is 0 Å². The number of nitrogens with zero attached hydrogens (tertiary/aromatic N) is 1. The second kappa shape index (κ2) is 4.70. The van der Waals surface area contributed by atoms with Crippen molar-refractivity contribution in [3.63, 3.8) is 0 Å². The van der Waals surface area contributed by atoms with Gasteiger partial charge in [0.05, 0.1) is 4.92 Å². The van der Waals surface area contributed by atoms with Gasteiger partial charge < -0.3 is 5.32 Å². The Morgan fingerprint density at radius 3 is 2.24 bits per heavy atom. The van der Waals surface area contributed by atoms with Crippen molar-refractivity contribution >= 4 is 27.3 Å². The zero-order valence-electron chi connectivity index (χ0n) is 11.8. The van der Waals surface area contributed by atoms with Gasteiger partial charge >= 0.3 is 0 Å². The van der Waals surface area contributed by atoms with Crippen LogP contribution in [0.3, 0.4) is 0 Å². The smallest absolute Gasteiger partial charge is 0.293 e. The summed E-state index contributed by atoms with van der Waals surface area (Å²) >= 11 is 3.33. The van der Waals surface area contributed by atoms with Crippen molar-refractivity contribution in [2.45, 2.75) is 44.1 Å². The van der Waals surface area contributed by atoms with Gasteiger partial charge in [-0.25, -0.2) is 0 Å². The van der Waals surface area contributed by atoms with Crippen LogP contribution in [0.2, 0.25) is 0 Å². The van der Waals surface area contributed by atoms with Gasteiger partial charge in [-0.1, -0.05) is 15.9 Å². The van der Waals surface area contributed by atoms with Crippen molar-refractivity contribution in [3.8, 4) is 0 Å². The Bertz CT molecular complexity index is 567. The molecule has 0 aliphatic heterocycles. The van der Waals surface area contributed by atoms with E-state index in [1.54, 1.807) is 6.07 Å². The summed E-state index contributed by atoms with van der Waals surface area (Å²) in [6.45, 7) is 0.